The highest BCUT2D eigenvalue weighted by molar-refractivity contribution is 7.21. The first kappa shape index (κ1) is 20.8. The normalized spacial score (nSPS) is 10.9. The van der Waals surface area contributed by atoms with Gasteiger partial charge in [-0.2, -0.15) is 0 Å². The summed E-state index contributed by atoms with van der Waals surface area (Å²) in [5.41, 5.74) is 3.73. The number of rotatable bonds is 3. The molecule has 7 heteroatoms. The topological polar surface area (TPSA) is 9.23 Å². The minimum absolute atomic E-state index is 0.882. The van der Waals surface area contributed by atoms with Crippen LogP contribution in [0.25, 0.3) is 31.7 Å². The third-order valence-electron chi connectivity index (χ3n) is 4.13. The standard InChI is InChI=1S/C22H17OS.BF4/c1-23-18-13-11-17(12-14-18)22-15-20(16-7-3-2-4-8-16)19-9-5-6-10-21(19)24-22;2-1(3,4)5/h2-15H,1H3;/q+1;-1. The zero-order valence-corrected chi connectivity index (χ0v) is 16.3. The van der Waals surface area contributed by atoms with Crippen LogP contribution in [0.3, 0.4) is 0 Å². The van der Waals surface area contributed by atoms with Crippen LogP contribution in [0.5, 0.6) is 5.75 Å². The molecular formula is C22H17BF4OS. The molecule has 0 aliphatic carbocycles. The molecule has 1 heterocycles. The van der Waals surface area contributed by atoms with Crippen molar-refractivity contribution in [1.29, 1.82) is 0 Å². The summed E-state index contributed by atoms with van der Waals surface area (Å²) in [7, 11) is -4.30. The monoisotopic (exact) mass is 416 g/mol. The number of halogens is 4. The van der Waals surface area contributed by atoms with Gasteiger partial charge in [-0.1, -0.05) is 42.5 Å². The number of hydrogen-bond donors (Lipinski definition) is 0. The minimum Gasteiger partial charge on any atom is -0.497 e. The predicted octanol–water partition coefficient (Wildman–Crippen LogP) is 7.83. The van der Waals surface area contributed by atoms with E-state index in [4.69, 9.17) is 4.74 Å². The average Bonchev–Trinajstić information content (AvgIpc) is 2.72. The Bertz CT molecular complexity index is 1080. The van der Waals surface area contributed by atoms with Crippen molar-refractivity contribution in [1.82, 2.24) is 0 Å². The van der Waals surface area contributed by atoms with Crippen LogP contribution in [-0.2, 0) is 0 Å². The molecule has 1 aromatic heterocycles. The predicted molar refractivity (Wildman–Crippen MR) is 114 cm³/mol. The van der Waals surface area contributed by atoms with Crippen LogP contribution in [0.1, 0.15) is 0 Å². The zero-order chi connectivity index (χ0) is 20.9. The van der Waals surface area contributed by atoms with Crippen molar-refractivity contribution in [2.75, 3.05) is 7.11 Å². The molecule has 0 N–H and O–H groups in total. The Hall–Kier alpha value is -2.93. The first-order valence-electron chi connectivity index (χ1n) is 8.78. The van der Waals surface area contributed by atoms with E-state index in [0.717, 1.165) is 5.75 Å². The van der Waals surface area contributed by atoms with Crippen molar-refractivity contribution in [3.05, 3.63) is 84.9 Å². The Kier molecular flexibility index (Phi) is 6.49. The van der Waals surface area contributed by atoms with Crippen molar-refractivity contribution >= 4 is 28.7 Å². The maximum absolute atomic E-state index is 9.75. The fourth-order valence-corrected chi connectivity index (χ4v) is 3.99. The summed E-state index contributed by atoms with van der Waals surface area (Å²) in [6.07, 6.45) is 0. The van der Waals surface area contributed by atoms with Gasteiger partial charge < -0.3 is 22.0 Å². The van der Waals surface area contributed by atoms with Gasteiger partial charge in [0.15, 0.2) is 0 Å². The lowest BCUT2D eigenvalue weighted by atomic mass is 10.0. The molecule has 0 spiro atoms. The van der Waals surface area contributed by atoms with Gasteiger partial charge in [0.25, 0.3) is 0 Å². The van der Waals surface area contributed by atoms with E-state index >= 15 is 0 Å². The van der Waals surface area contributed by atoms with Crippen LogP contribution in [-0.4, -0.2) is 14.4 Å². The SMILES string of the molecule is COc1ccc(-c2cc(-c3ccccc3)c3ccccc3[s+]2)cc1.F[B-](F)(F)F. The lowest BCUT2D eigenvalue weighted by Crippen LogP contribution is -2.02. The van der Waals surface area contributed by atoms with E-state index in [2.05, 4.69) is 72.8 Å². The van der Waals surface area contributed by atoms with Gasteiger partial charge in [0.1, 0.15) is 5.75 Å². The third kappa shape index (κ3) is 5.78. The Morgan fingerprint density at radius 1 is 0.724 bits per heavy atom. The number of benzene rings is 3. The first-order valence-corrected chi connectivity index (χ1v) is 9.60. The van der Waals surface area contributed by atoms with Crippen LogP contribution in [0.4, 0.5) is 17.3 Å². The molecule has 0 radical (unpaired) electrons. The summed E-state index contributed by atoms with van der Waals surface area (Å²) in [5, 5.41) is 1.30. The van der Waals surface area contributed by atoms with Crippen LogP contribution in [0.15, 0.2) is 84.9 Å². The van der Waals surface area contributed by atoms with Crippen molar-refractivity contribution in [3.63, 3.8) is 0 Å². The van der Waals surface area contributed by atoms with Gasteiger partial charge in [0.05, 0.1) is 7.11 Å². The minimum atomic E-state index is -6.00. The molecule has 29 heavy (non-hydrogen) atoms. The van der Waals surface area contributed by atoms with E-state index in [0.29, 0.717) is 0 Å². The van der Waals surface area contributed by atoms with Crippen LogP contribution < -0.4 is 4.74 Å². The molecule has 1 nitrogen and oxygen atoms in total. The molecule has 3 aromatic carbocycles. The van der Waals surface area contributed by atoms with Crippen molar-refractivity contribution in [2.45, 2.75) is 0 Å². The van der Waals surface area contributed by atoms with Crippen molar-refractivity contribution in [2.24, 2.45) is 0 Å². The quantitative estimate of drug-likeness (QED) is 0.188. The fraction of sp³-hybridized carbons (Fsp3) is 0.0455. The molecule has 0 unspecified atom stereocenters. The van der Waals surface area contributed by atoms with Crippen LogP contribution >= 0.6 is 11.3 Å². The highest BCUT2D eigenvalue weighted by atomic mass is 32.1. The van der Waals surface area contributed by atoms with Crippen LogP contribution in [0.2, 0.25) is 0 Å². The highest BCUT2D eigenvalue weighted by Gasteiger charge is 2.20. The summed E-state index contributed by atoms with van der Waals surface area (Å²) in [4.78, 5) is 1.26. The van der Waals surface area contributed by atoms with E-state index in [1.165, 1.54) is 31.7 Å². The smallest absolute Gasteiger partial charge is 0.497 e. The van der Waals surface area contributed by atoms with Gasteiger partial charge in [-0.05, 0) is 35.9 Å². The molecule has 0 saturated carbocycles. The van der Waals surface area contributed by atoms with Gasteiger partial charge in [-0.25, -0.2) is 0 Å². The number of fused-ring (bicyclic) bond motifs is 1. The number of ether oxygens (including phenoxy) is 1. The molecule has 0 aliphatic heterocycles. The Morgan fingerprint density at radius 3 is 1.93 bits per heavy atom. The molecule has 0 fully saturated rings. The van der Waals surface area contributed by atoms with E-state index in [1.54, 1.807) is 7.11 Å². The number of methoxy groups -OCH3 is 1. The van der Waals surface area contributed by atoms with E-state index in [-0.39, 0.29) is 0 Å². The summed E-state index contributed by atoms with van der Waals surface area (Å²) in [6.45, 7) is 0. The maximum Gasteiger partial charge on any atom is 0.673 e. The molecule has 0 amide bonds. The van der Waals surface area contributed by atoms with Crippen molar-refractivity contribution in [3.8, 4) is 27.3 Å². The highest BCUT2D eigenvalue weighted by Crippen LogP contribution is 2.38. The molecular weight excluding hydrogens is 399 g/mol. The van der Waals surface area contributed by atoms with Gasteiger partial charge >= 0.3 is 7.25 Å². The summed E-state index contributed by atoms with van der Waals surface area (Å²) in [5.74, 6) is 0.882. The molecule has 4 rings (SSSR count). The summed E-state index contributed by atoms with van der Waals surface area (Å²) < 4.78 is 45.6. The van der Waals surface area contributed by atoms with Crippen molar-refractivity contribution < 1.29 is 22.0 Å². The lowest BCUT2D eigenvalue weighted by molar-refractivity contribution is 0.368. The second-order valence-corrected chi connectivity index (χ2v) is 7.19. The Labute approximate surface area is 170 Å². The summed E-state index contributed by atoms with van der Waals surface area (Å²) >= 11 is 1.82. The van der Waals surface area contributed by atoms with E-state index < -0.39 is 7.25 Å². The van der Waals surface area contributed by atoms with Gasteiger partial charge in [-0.3, -0.25) is 0 Å². The molecule has 4 aromatic rings. The second-order valence-electron chi connectivity index (χ2n) is 6.11. The third-order valence-corrected chi connectivity index (χ3v) is 5.28. The van der Waals surface area contributed by atoms with Gasteiger partial charge in [-0.15, -0.1) is 0 Å². The lowest BCUT2D eigenvalue weighted by Gasteiger charge is -2.05. The Balaban J connectivity index is 0.000000431. The summed E-state index contributed by atoms with van der Waals surface area (Å²) in [6, 6.07) is 29.7. The zero-order valence-electron chi connectivity index (χ0n) is 15.5. The molecule has 0 atom stereocenters. The molecule has 0 bridgehead atoms. The molecule has 0 aliphatic rings. The van der Waals surface area contributed by atoms with E-state index in [1.807, 2.05) is 23.5 Å². The Morgan fingerprint density at radius 2 is 1.31 bits per heavy atom. The fourth-order valence-electron chi connectivity index (χ4n) is 2.89. The second kappa shape index (κ2) is 9.05. The number of hydrogen-bond acceptors (Lipinski definition) is 1. The molecule has 148 valence electrons. The van der Waals surface area contributed by atoms with Crippen LogP contribution in [0, 0.1) is 0 Å². The maximum atomic E-state index is 9.75. The largest absolute Gasteiger partial charge is 0.673 e. The average molecular weight is 416 g/mol. The van der Waals surface area contributed by atoms with Gasteiger partial charge in [0, 0.05) is 28.6 Å². The van der Waals surface area contributed by atoms with Gasteiger partial charge in [0.2, 0.25) is 20.9 Å². The van der Waals surface area contributed by atoms with E-state index in [9.17, 15) is 17.3 Å². The first-order chi connectivity index (χ1) is 13.8. The molecule has 0 saturated heterocycles.